The molecule has 0 aliphatic heterocycles. The van der Waals surface area contributed by atoms with E-state index >= 15 is 0 Å². The summed E-state index contributed by atoms with van der Waals surface area (Å²) in [6, 6.07) is 16.7. The summed E-state index contributed by atoms with van der Waals surface area (Å²) in [6.07, 6.45) is 3.53. The van der Waals surface area contributed by atoms with E-state index in [0.717, 1.165) is 16.7 Å². The Balaban J connectivity index is 1.67. The van der Waals surface area contributed by atoms with Gasteiger partial charge in [0.15, 0.2) is 0 Å². The van der Waals surface area contributed by atoms with Crippen LogP contribution in [0.25, 0.3) is 16.6 Å². The molecule has 25 heavy (non-hydrogen) atoms. The van der Waals surface area contributed by atoms with Crippen LogP contribution in [0.5, 0.6) is 0 Å². The molecule has 4 aromatic rings. The lowest BCUT2D eigenvalue weighted by Gasteiger charge is -2.12. The fourth-order valence-corrected chi connectivity index (χ4v) is 2.96. The minimum atomic E-state index is -0.228. The predicted octanol–water partition coefficient (Wildman–Crippen LogP) is 1.97. The van der Waals surface area contributed by atoms with Gasteiger partial charge in [-0.2, -0.15) is 0 Å². The second-order valence-electron chi connectivity index (χ2n) is 5.74. The molecule has 6 heteroatoms. The Morgan fingerprint density at radius 2 is 1.72 bits per heavy atom. The van der Waals surface area contributed by atoms with Crippen molar-refractivity contribution in [2.24, 2.45) is 0 Å². The second-order valence-corrected chi connectivity index (χ2v) is 5.74. The predicted molar refractivity (Wildman–Crippen MR) is 95.2 cm³/mol. The van der Waals surface area contributed by atoms with E-state index in [2.05, 4.69) is 10.3 Å². The van der Waals surface area contributed by atoms with Crippen molar-refractivity contribution in [3.63, 3.8) is 0 Å². The quantitative estimate of drug-likeness (QED) is 0.621. The van der Waals surface area contributed by atoms with Crippen LogP contribution in [0.1, 0.15) is 5.69 Å². The number of pyridine rings is 1. The number of fused-ring (bicyclic) bond motifs is 3. The number of rotatable bonds is 4. The number of carbonyl (C=O) groups excluding carboxylic acids is 1. The molecule has 1 aromatic carbocycles. The smallest absolute Gasteiger partial charge is 0.275 e. The first-order chi connectivity index (χ1) is 12.2. The van der Waals surface area contributed by atoms with Gasteiger partial charge in [0.2, 0.25) is 5.91 Å². The van der Waals surface area contributed by atoms with Crippen molar-refractivity contribution in [1.29, 1.82) is 0 Å². The highest BCUT2D eigenvalue weighted by molar-refractivity contribution is 5.82. The van der Waals surface area contributed by atoms with Crippen LogP contribution in [-0.2, 0) is 17.9 Å². The highest BCUT2D eigenvalue weighted by atomic mass is 16.2. The molecule has 4 rings (SSSR count). The summed E-state index contributed by atoms with van der Waals surface area (Å²) in [5.74, 6) is -0.228. The molecule has 1 N–H and O–H groups in total. The van der Waals surface area contributed by atoms with E-state index in [9.17, 15) is 9.59 Å². The number of amides is 1. The molecule has 0 fully saturated rings. The van der Waals surface area contributed by atoms with Gasteiger partial charge in [-0.1, -0.05) is 18.2 Å². The molecule has 0 atom stereocenters. The first-order valence-corrected chi connectivity index (χ1v) is 7.99. The summed E-state index contributed by atoms with van der Waals surface area (Å²) in [5, 5.41) is 2.81. The topological polar surface area (TPSA) is 68.4 Å². The third-order valence-corrected chi connectivity index (χ3v) is 4.14. The molecule has 0 unspecified atom stereocenters. The first kappa shape index (κ1) is 15.1. The van der Waals surface area contributed by atoms with Crippen LogP contribution in [-0.4, -0.2) is 19.9 Å². The van der Waals surface area contributed by atoms with Gasteiger partial charge in [0, 0.05) is 12.4 Å². The Morgan fingerprint density at radius 3 is 2.52 bits per heavy atom. The van der Waals surface area contributed by atoms with Crippen LogP contribution in [0, 0.1) is 0 Å². The highest BCUT2D eigenvalue weighted by Crippen LogP contribution is 2.14. The maximum Gasteiger partial charge on any atom is 0.275 e. The number of para-hydroxylation sites is 2. The largest absolute Gasteiger partial charge is 0.349 e. The lowest BCUT2D eigenvalue weighted by atomic mass is 10.2. The normalized spacial score (nSPS) is 11.0. The van der Waals surface area contributed by atoms with Crippen LogP contribution in [0.4, 0.5) is 0 Å². The first-order valence-electron chi connectivity index (χ1n) is 7.99. The molecule has 1 amide bonds. The second kappa shape index (κ2) is 6.24. The van der Waals surface area contributed by atoms with Crippen LogP contribution >= 0.6 is 0 Å². The summed E-state index contributed by atoms with van der Waals surface area (Å²) < 4.78 is 3.36. The fraction of sp³-hybridized carbons (Fsp3) is 0.105. The summed E-state index contributed by atoms with van der Waals surface area (Å²) >= 11 is 0. The molecule has 6 nitrogen and oxygen atoms in total. The third-order valence-electron chi connectivity index (χ3n) is 4.14. The summed E-state index contributed by atoms with van der Waals surface area (Å²) in [7, 11) is 0. The number of aromatic nitrogens is 3. The molecule has 124 valence electrons. The van der Waals surface area contributed by atoms with Gasteiger partial charge in [0.05, 0.1) is 23.3 Å². The Hall–Kier alpha value is -3.41. The van der Waals surface area contributed by atoms with E-state index < -0.39 is 0 Å². The number of nitrogens with zero attached hydrogens (tertiary/aromatic N) is 3. The maximum atomic E-state index is 12.8. The minimum Gasteiger partial charge on any atom is -0.349 e. The standard InChI is InChI=1S/C19H16N4O2/c24-18(21-12-14-6-3-4-10-20-14)13-23-16-8-2-1-7-15(16)22-11-5-9-17(22)19(23)25/h1-11H,12-13H2,(H,21,24). The van der Waals surface area contributed by atoms with Gasteiger partial charge < -0.3 is 9.72 Å². The van der Waals surface area contributed by atoms with E-state index in [1.165, 1.54) is 4.57 Å². The van der Waals surface area contributed by atoms with Gasteiger partial charge in [-0.15, -0.1) is 0 Å². The minimum absolute atomic E-state index is 0.0339. The number of carbonyl (C=O) groups is 1. The molecule has 0 radical (unpaired) electrons. The molecule has 0 aliphatic carbocycles. The van der Waals surface area contributed by atoms with Crippen LogP contribution in [0.15, 0.2) is 71.8 Å². The third kappa shape index (κ3) is 2.78. The van der Waals surface area contributed by atoms with Crippen molar-refractivity contribution in [1.82, 2.24) is 19.3 Å². The number of hydrogen-bond donors (Lipinski definition) is 1. The van der Waals surface area contributed by atoms with Crippen molar-refractivity contribution < 1.29 is 4.79 Å². The fourth-order valence-electron chi connectivity index (χ4n) is 2.96. The van der Waals surface area contributed by atoms with E-state index in [4.69, 9.17) is 0 Å². The lowest BCUT2D eigenvalue weighted by molar-refractivity contribution is -0.121. The summed E-state index contributed by atoms with van der Waals surface area (Å²) in [4.78, 5) is 29.3. The summed E-state index contributed by atoms with van der Waals surface area (Å²) in [6.45, 7) is 0.299. The average Bonchev–Trinajstić information content (AvgIpc) is 3.14. The molecule has 0 bridgehead atoms. The van der Waals surface area contributed by atoms with Gasteiger partial charge in [0.1, 0.15) is 12.1 Å². The number of benzene rings is 1. The maximum absolute atomic E-state index is 12.8. The molecular formula is C19H16N4O2. The van der Waals surface area contributed by atoms with Gasteiger partial charge in [-0.25, -0.2) is 0 Å². The molecule has 0 aliphatic rings. The van der Waals surface area contributed by atoms with E-state index in [1.807, 2.05) is 59.1 Å². The van der Waals surface area contributed by atoms with E-state index in [-0.39, 0.29) is 18.0 Å². The SMILES string of the molecule is O=C(Cn1c(=O)c2cccn2c2ccccc21)NCc1ccccn1. The molecule has 0 saturated heterocycles. The highest BCUT2D eigenvalue weighted by Gasteiger charge is 2.12. The van der Waals surface area contributed by atoms with Gasteiger partial charge in [0.25, 0.3) is 5.56 Å². The van der Waals surface area contributed by atoms with Crippen molar-refractivity contribution in [2.45, 2.75) is 13.1 Å². The van der Waals surface area contributed by atoms with Crippen molar-refractivity contribution in [2.75, 3.05) is 0 Å². The molecule has 3 aromatic heterocycles. The Labute approximate surface area is 143 Å². The molecule has 0 saturated carbocycles. The zero-order valence-electron chi connectivity index (χ0n) is 13.4. The van der Waals surface area contributed by atoms with Crippen molar-refractivity contribution in [3.8, 4) is 0 Å². The van der Waals surface area contributed by atoms with Gasteiger partial charge in [-0.05, 0) is 36.4 Å². The monoisotopic (exact) mass is 332 g/mol. The number of hydrogen-bond acceptors (Lipinski definition) is 3. The van der Waals surface area contributed by atoms with Gasteiger partial charge in [-0.3, -0.25) is 19.1 Å². The zero-order chi connectivity index (χ0) is 17.2. The Morgan fingerprint density at radius 1 is 0.960 bits per heavy atom. The van der Waals surface area contributed by atoms with Gasteiger partial charge >= 0.3 is 0 Å². The van der Waals surface area contributed by atoms with Crippen LogP contribution in [0.3, 0.4) is 0 Å². The lowest BCUT2D eigenvalue weighted by Crippen LogP contribution is -2.33. The number of nitrogens with one attached hydrogen (secondary N) is 1. The average molecular weight is 332 g/mol. The Bertz CT molecular complexity index is 1110. The Kier molecular flexibility index (Phi) is 3.78. The zero-order valence-corrected chi connectivity index (χ0v) is 13.4. The molecular weight excluding hydrogens is 316 g/mol. The van der Waals surface area contributed by atoms with Crippen molar-refractivity contribution in [3.05, 3.63) is 83.0 Å². The van der Waals surface area contributed by atoms with Crippen LogP contribution < -0.4 is 10.9 Å². The molecule has 3 heterocycles. The van der Waals surface area contributed by atoms with Crippen LogP contribution in [0.2, 0.25) is 0 Å². The van der Waals surface area contributed by atoms with E-state index in [0.29, 0.717) is 12.1 Å². The van der Waals surface area contributed by atoms with E-state index in [1.54, 1.807) is 12.3 Å². The molecule has 0 spiro atoms. The summed E-state index contributed by atoms with van der Waals surface area (Å²) in [5.41, 5.74) is 2.76. The van der Waals surface area contributed by atoms with Crippen molar-refractivity contribution >= 4 is 22.5 Å².